The lowest BCUT2D eigenvalue weighted by atomic mass is 10.1. The van der Waals surface area contributed by atoms with Crippen LogP contribution in [0, 0.1) is 0 Å². The molecule has 0 bridgehead atoms. The maximum absolute atomic E-state index is 12.3. The van der Waals surface area contributed by atoms with Crippen molar-refractivity contribution in [3.05, 3.63) is 52.0 Å². The number of primary amides is 1. The Balaban J connectivity index is 2.18. The average molecular weight is 408 g/mol. The number of halogens is 5. The topological polar surface area (TPSA) is 93.5 Å². The van der Waals surface area contributed by atoms with Gasteiger partial charge in [0.25, 0.3) is 5.91 Å². The van der Waals surface area contributed by atoms with Gasteiger partial charge in [-0.15, -0.1) is 13.2 Å². The first-order chi connectivity index (χ1) is 12.0. The fraction of sp³-hybridized carbons (Fsp3) is 0.0667. The molecule has 2 aromatic rings. The van der Waals surface area contributed by atoms with E-state index in [0.29, 0.717) is 0 Å². The summed E-state index contributed by atoms with van der Waals surface area (Å²) in [5.41, 5.74) is 5.15. The number of urea groups is 1. The highest BCUT2D eigenvalue weighted by atomic mass is 35.5. The quantitative estimate of drug-likeness (QED) is 0.689. The van der Waals surface area contributed by atoms with Crippen LogP contribution in [0.4, 0.5) is 29.3 Å². The molecule has 0 aliphatic rings. The van der Waals surface area contributed by atoms with Gasteiger partial charge < -0.3 is 21.1 Å². The van der Waals surface area contributed by atoms with E-state index in [1.165, 1.54) is 24.3 Å². The van der Waals surface area contributed by atoms with Crippen molar-refractivity contribution >= 4 is 46.5 Å². The molecule has 6 nitrogen and oxygen atoms in total. The van der Waals surface area contributed by atoms with Crippen LogP contribution in [0.2, 0.25) is 10.0 Å². The van der Waals surface area contributed by atoms with Crippen LogP contribution >= 0.6 is 23.2 Å². The van der Waals surface area contributed by atoms with Gasteiger partial charge in [0, 0.05) is 21.8 Å². The van der Waals surface area contributed by atoms with Gasteiger partial charge in [-0.2, -0.15) is 0 Å². The second-order valence-corrected chi connectivity index (χ2v) is 5.73. The minimum atomic E-state index is -4.92. The highest BCUT2D eigenvalue weighted by Gasteiger charge is 2.31. The number of nitrogens with two attached hydrogens (primary N) is 1. The zero-order chi connectivity index (χ0) is 19.5. The van der Waals surface area contributed by atoms with E-state index < -0.39 is 24.1 Å². The number of hydrogen-bond donors (Lipinski definition) is 3. The predicted octanol–water partition coefficient (Wildman–Crippen LogP) is 4.63. The van der Waals surface area contributed by atoms with Gasteiger partial charge in [0.05, 0.1) is 11.3 Å². The third-order valence-corrected chi connectivity index (χ3v) is 3.31. The molecule has 2 aromatic carbocycles. The molecule has 138 valence electrons. The molecule has 0 aromatic heterocycles. The Morgan fingerprint density at radius 3 is 2.31 bits per heavy atom. The van der Waals surface area contributed by atoms with Crippen LogP contribution in [0.1, 0.15) is 10.4 Å². The Kier molecular flexibility index (Phi) is 5.83. The molecule has 11 heteroatoms. The summed E-state index contributed by atoms with van der Waals surface area (Å²) in [5.74, 6) is -1.42. The lowest BCUT2D eigenvalue weighted by molar-refractivity contribution is -0.274. The number of amides is 3. The molecule has 0 atom stereocenters. The molecule has 3 amide bonds. The molecule has 0 aliphatic carbocycles. The second kappa shape index (κ2) is 7.71. The van der Waals surface area contributed by atoms with Crippen LogP contribution < -0.4 is 21.1 Å². The van der Waals surface area contributed by atoms with Gasteiger partial charge in [0.15, 0.2) is 0 Å². The Bertz CT molecular complexity index is 860. The molecule has 0 heterocycles. The van der Waals surface area contributed by atoms with Gasteiger partial charge in [-0.3, -0.25) is 4.79 Å². The Morgan fingerprint density at radius 2 is 1.69 bits per heavy atom. The third-order valence-electron chi connectivity index (χ3n) is 2.86. The number of anilines is 2. The van der Waals surface area contributed by atoms with E-state index >= 15 is 0 Å². The number of nitrogens with one attached hydrogen (secondary N) is 2. The van der Waals surface area contributed by atoms with Crippen molar-refractivity contribution in [2.75, 3.05) is 10.6 Å². The summed E-state index contributed by atoms with van der Waals surface area (Å²) in [4.78, 5) is 23.4. The molecule has 0 fully saturated rings. The van der Waals surface area contributed by atoms with Crippen LogP contribution in [0.5, 0.6) is 5.75 Å². The third kappa shape index (κ3) is 5.71. The van der Waals surface area contributed by atoms with Crippen molar-refractivity contribution in [2.24, 2.45) is 5.73 Å². The van der Waals surface area contributed by atoms with E-state index in [2.05, 4.69) is 15.4 Å². The average Bonchev–Trinajstić information content (AvgIpc) is 2.43. The number of carbonyl (C=O) groups excluding carboxylic acids is 2. The Hall–Kier alpha value is -2.65. The van der Waals surface area contributed by atoms with Crippen molar-refractivity contribution in [3.63, 3.8) is 0 Å². The van der Waals surface area contributed by atoms with Crippen molar-refractivity contribution in [2.45, 2.75) is 6.36 Å². The lowest BCUT2D eigenvalue weighted by Crippen LogP contribution is -2.22. The van der Waals surface area contributed by atoms with Crippen LogP contribution in [-0.4, -0.2) is 18.3 Å². The molecule has 4 N–H and O–H groups in total. The smallest absolute Gasteiger partial charge is 0.406 e. The predicted molar refractivity (Wildman–Crippen MR) is 90.7 cm³/mol. The van der Waals surface area contributed by atoms with Gasteiger partial charge in [0.1, 0.15) is 5.75 Å². The fourth-order valence-corrected chi connectivity index (χ4v) is 2.34. The van der Waals surface area contributed by atoms with E-state index in [4.69, 9.17) is 28.9 Å². The highest BCUT2D eigenvalue weighted by Crippen LogP contribution is 2.29. The van der Waals surface area contributed by atoms with Crippen LogP contribution in [0.15, 0.2) is 36.4 Å². The van der Waals surface area contributed by atoms with Gasteiger partial charge in [-0.05, 0) is 30.3 Å². The van der Waals surface area contributed by atoms with Crippen LogP contribution in [0.3, 0.4) is 0 Å². The minimum absolute atomic E-state index is 0.00302. The highest BCUT2D eigenvalue weighted by molar-refractivity contribution is 6.31. The SMILES string of the molecule is NC(=O)c1ccc(Cl)cc1NC(=O)Nc1cc(Cl)cc(OC(F)(F)F)c1. The maximum Gasteiger partial charge on any atom is 0.573 e. The van der Waals surface area contributed by atoms with E-state index in [9.17, 15) is 22.8 Å². The van der Waals surface area contributed by atoms with Gasteiger partial charge >= 0.3 is 12.4 Å². The Morgan fingerprint density at radius 1 is 1.00 bits per heavy atom. The first-order valence-electron chi connectivity index (χ1n) is 6.77. The Labute approximate surface area is 155 Å². The summed E-state index contributed by atoms with van der Waals surface area (Å²) in [6.07, 6.45) is -4.92. The van der Waals surface area contributed by atoms with Gasteiger partial charge in [0.2, 0.25) is 0 Å². The standard InChI is InChI=1S/C15H10Cl2F3N3O3/c16-7-1-2-11(13(21)24)12(5-7)23-14(25)22-9-3-8(17)4-10(6-9)26-15(18,19)20/h1-6H,(H2,21,24)(H2,22,23,25). The minimum Gasteiger partial charge on any atom is -0.406 e. The first kappa shape index (κ1) is 19.7. The lowest BCUT2D eigenvalue weighted by Gasteiger charge is -2.13. The van der Waals surface area contributed by atoms with Crippen molar-refractivity contribution in [3.8, 4) is 5.75 Å². The zero-order valence-electron chi connectivity index (χ0n) is 12.7. The molecule has 0 saturated heterocycles. The summed E-state index contributed by atoms with van der Waals surface area (Å²) < 4.78 is 40.6. The number of alkyl halides is 3. The first-order valence-corrected chi connectivity index (χ1v) is 7.53. The molecule has 0 radical (unpaired) electrons. The summed E-state index contributed by atoms with van der Waals surface area (Å²) in [5, 5.41) is 4.73. The normalized spacial score (nSPS) is 11.0. The summed E-state index contributed by atoms with van der Waals surface area (Å²) in [6, 6.07) is 6.20. The summed E-state index contributed by atoms with van der Waals surface area (Å²) in [6.45, 7) is 0. The zero-order valence-corrected chi connectivity index (χ0v) is 14.2. The molecule has 0 aliphatic heterocycles. The van der Waals surface area contributed by atoms with E-state index in [-0.39, 0.29) is 27.0 Å². The molecular weight excluding hydrogens is 398 g/mol. The second-order valence-electron chi connectivity index (χ2n) is 4.86. The summed E-state index contributed by atoms with van der Waals surface area (Å²) in [7, 11) is 0. The van der Waals surface area contributed by atoms with Gasteiger partial charge in [-0.1, -0.05) is 23.2 Å². The van der Waals surface area contributed by atoms with Crippen molar-refractivity contribution in [1.29, 1.82) is 0 Å². The van der Waals surface area contributed by atoms with Crippen molar-refractivity contribution in [1.82, 2.24) is 0 Å². The molecular formula is C15H10Cl2F3N3O3. The molecule has 0 spiro atoms. The number of ether oxygens (including phenoxy) is 1. The molecule has 0 unspecified atom stereocenters. The number of benzene rings is 2. The largest absolute Gasteiger partial charge is 0.573 e. The van der Waals surface area contributed by atoms with E-state index in [0.717, 1.165) is 12.1 Å². The van der Waals surface area contributed by atoms with Gasteiger partial charge in [-0.25, -0.2) is 4.79 Å². The molecule has 26 heavy (non-hydrogen) atoms. The number of carbonyl (C=O) groups is 2. The molecule has 2 rings (SSSR count). The fourth-order valence-electron chi connectivity index (χ4n) is 1.95. The number of hydrogen-bond acceptors (Lipinski definition) is 3. The van der Waals surface area contributed by atoms with Crippen LogP contribution in [0.25, 0.3) is 0 Å². The number of rotatable bonds is 4. The molecule has 0 saturated carbocycles. The maximum atomic E-state index is 12.3. The van der Waals surface area contributed by atoms with Crippen LogP contribution in [-0.2, 0) is 0 Å². The van der Waals surface area contributed by atoms with Crippen molar-refractivity contribution < 1.29 is 27.5 Å². The summed E-state index contributed by atoms with van der Waals surface area (Å²) >= 11 is 11.5. The van der Waals surface area contributed by atoms with E-state index in [1.807, 2.05) is 0 Å². The van der Waals surface area contributed by atoms with E-state index in [1.54, 1.807) is 0 Å². The monoisotopic (exact) mass is 407 g/mol.